The normalized spacial score (nSPS) is 13.7. The number of rotatable bonds is 9. The van der Waals surface area contributed by atoms with E-state index < -0.39 is 6.10 Å². The smallest absolute Gasteiger partial charge is 0.0914 e. The first-order valence-corrected chi connectivity index (χ1v) is 9.24. The van der Waals surface area contributed by atoms with Crippen molar-refractivity contribution in [3.8, 4) is 0 Å². The van der Waals surface area contributed by atoms with Crippen molar-refractivity contribution in [2.75, 3.05) is 19.3 Å². The van der Waals surface area contributed by atoms with Crippen LogP contribution in [0.5, 0.6) is 0 Å². The fourth-order valence-electron chi connectivity index (χ4n) is 2.52. The van der Waals surface area contributed by atoms with Crippen molar-refractivity contribution in [2.45, 2.75) is 57.3 Å². The molecule has 0 radical (unpaired) electrons. The van der Waals surface area contributed by atoms with Gasteiger partial charge in [0.25, 0.3) is 0 Å². The first-order valence-electron chi connectivity index (χ1n) is 8.01. The van der Waals surface area contributed by atoms with Crippen LogP contribution in [0.25, 0.3) is 0 Å². The van der Waals surface area contributed by atoms with Gasteiger partial charge < -0.3 is 10.4 Å². The van der Waals surface area contributed by atoms with E-state index in [-0.39, 0.29) is 0 Å². The van der Waals surface area contributed by atoms with Gasteiger partial charge in [0.05, 0.1) is 6.10 Å². The van der Waals surface area contributed by atoms with E-state index in [1.54, 1.807) is 0 Å². The minimum absolute atomic E-state index is 0.293. The van der Waals surface area contributed by atoms with Crippen LogP contribution in [0.3, 0.4) is 0 Å². The van der Waals surface area contributed by atoms with Crippen molar-refractivity contribution in [3.63, 3.8) is 0 Å². The lowest BCUT2D eigenvalue weighted by molar-refractivity contribution is 0.173. The highest BCUT2D eigenvalue weighted by atomic mass is 32.2. The molecule has 1 aromatic rings. The summed E-state index contributed by atoms with van der Waals surface area (Å²) in [5, 5.41) is 13.7. The lowest BCUT2D eigenvalue weighted by Crippen LogP contribution is -2.38. The molecule has 0 heterocycles. The Bertz CT molecular complexity index is 390. The van der Waals surface area contributed by atoms with Gasteiger partial charge >= 0.3 is 0 Å². The van der Waals surface area contributed by atoms with Crippen molar-refractivity contribution in [2.24, 2.45) is 0 Å². The largest absolute Gasteiger partial charge is 0.387 e. The van der Waals surface area contributed by atoms with Gasteiger partial charge in [-0.3, -0.25) is 0 Å². The molecule has 0 aliphatic carbocycles. The predicted molar refractivity (Wildman–Crippen MR) is 95.2 cm³/mol. The lowest BCUT2D eigenvalue weighted by atomic mass is 9.99. The third-order valence-corrected chi connectivity index (χ3v) is 6.08. The fraction of sp³-hybridized carbons (Fsp3) is 0.667. The highest BCUT2D eigenvalue weighted by Crippen LogP contribution is 2.29. The van der Waals surface area contributed by atoms with Crippen LogP contribution in [0.2, 0.25) is 0 Å². The summed E-state index contributed by atoms with van der Waals surface area (Å²) in [4.78, 5) is 0. The first kappa shape index (κ1) is 18.5. The summed E-state index contributed by atoms with van der Waals surface area (Å²) in [6, 6.07) is 8.33. The van der Waals surface area contributed by atoms with Crippen LogP contribution in [0.1, 0.15) is 63.7 Å². The molecule has 0 saturated carbocycles. The van der Waals surface area contributed by atoms with Crippen LogP contribution in [-0.4, -0.2) is 29.2 Å². The van der Waals surface area contributed by atoms with Gasteiger partial charge in [0.2, 0.25) is 0 Å². The van der Waals surface area contributed by atoms with Crippen LogP contribution in [0.4, 0.5) is 0 Å². The highest BCUT2D eigenvalue weighted by Gasteiger charge is 2.24. The molecule has 1 aromatic carbocycles. The maximum absolute atomic E-state index is 10.3. The number of benzene rings is 1. The zero-order valence-electron chi connectivity index (χ0n) is 14.1. The number of hydrogen-bond donors (Lipinski definition) is 2. The molecule has 1 unspecified atom stereocenters. The van der Waals surface area contributed by atoms with E-state index in [0.717, 1.165) is 24.9 Å². The van der Waals surface area contributed by atoms with E-state index in [9.17, 15) is 5.11 Å². The second kappa shape index (κ2) is 8.82. The molecule has 0 bridgehead atoms. The lowest BCUT2D eigenvalue weighted by Gasteiger charge is -2.30. The van der Waals surface area contributed by atoms with E-state index in [4.69, 9.17) is 0 Å². The fourth-order valence-corrected chi connectivity index (χ4v) is 3.34. The van der Waals surface area contributed by atoms with Gasteiger partial charge in [-0.05, 0) is 36.1 Å². The Morgan fingerprint density at radius 3 is 2.05 bits per heavy atom. The Morgan fingerprint density at radius 2 is 1.62 bits per heavy atom. The molecule has 0 saturated heterocycles. The average molecular weight is 310 g/mol. The molecule has 0 aromatic heterocycles. The molecule has 1 atom stereocenters. The Morgan fingerprint density at radius 1 is 1.10 bits per heavy atom. The van der Waals surface area contributed by atoms with Crippen molar-refractivity contribution in [1.82, 2.24) is 5.32 Å². The molecule has 0 spiro atoms. The minimum Gasteiger partial charge on any atom is -0.387 e. The van der Waals surface area contributed by atoms with Gasteiger partial charge in [-0.1, -0.05) is 52.0 Å². The van der Waals surface area contributed by atoms with Crippen LogP contribution in [-0.2, 0) is 0 Å². The maximum atomic E-state index is 10.3. The standard InChI is InChI=1S/C18H31NOS/c1-6-18(7-2,21-5)13-19-12-17(20)16-10-8-15(9-11-16)14(3)4/h8-11,14,17,19-20H,6-7,12-13H2,1-5H3. The Kier molecular flexibility index (Phi) is 7.78. The summed E-state index contributed by atoms with van der Waals surface area (Å²) >= 11 is 1.93. The van der Waals surface area contributed by atoms with E-state index in [0.29, 0.717) is 17.2 Å². The third kappa shape index (κ3) is 5.32. The van der Waals surface area contributed by atoms with E-state index in [2.05, 4.69) is 51.4 Å². The molecule has 21 heavy (non-hydrogen) atoms. The second-order valence-electron chi connectivity index (χ2n) is 6.06. The van der Waals surface area contributed by atoms with Crippen molar-refractivity contribution < 1.29 is 5.11 Å². The number of aliphatic hydroxyl groups excluding tert-OH is 1. The third-order valence-electron chi connectivity index (χ3n) is 4.49. The topological polar surface area (TPSA) is 32.3 Å². The molecule has 0 amide bonds. The first-order chi connectivity index (χ1) is 9.98. The molecule has 2 nitrogen and oxygen atoms in total. The Balaban J connectivity index is 2.52. The highest BCUT2D eigenvalue weighted by molar-refractivity contribution is 8.00. The van der Waals surface area contributed by atoms with Gasteiger partial charge in [0.1, 0.15) is 0 Å². The van der Waals surface area contributed by atoms with Crippen LogP contribution in [0, 0.1) is 0 Å². The van der Waals surface area contributed by atoms with Crippen molar-refractivity contribution in [3.05, 3.63) is 35.4 Å². The monoisotopic (exact) mass is 309 g/mol. The number of thioether (sulfide) groups is 1. The average Bonchev–Trinajstić information content (AvgIpc) is 2.52. The Hall–Kier alpha value is -0.510. The maximum Gasteiger partial charge on any atom is 0.0914 e. The zero-order valence-corrected chi connectivity index (χ0v) is 15.0. The summed E-state index contributed by atoms with van der Waals surface area (Å²) in [6.07, 6.45) is 4.04. The van der Waals surface area contributed by atoms with Gasteiger partial charge in [0.15, 0.2) is 0 Å². The summed E-state index contributed by atoms with van der Waals surface area (Å²) < 4.78 is 0.293. The minimum atomic E-state index is -0.431. The van der Waals surface area contributed by atoms with Crippen LogP contribution < -0.4 is 5.32 Å². The van der Waals surface area contributed by atoms with Gasteiger partial charge in [0, 0.05) is 17.8 Å². The van der Waals surface area contributed by atoms with Crippen molar-refractivity contribution >= 4 is 11.8 Å². The molecule has 0 aliphatic rings. The second-order valence-corrected chi connectivity index (χ2v) is 7.34. The molecule has 0 aliphatic heterocycles. The molecule has 120 valence electrons. The Labute approximate surface area is 134 Å². The number of hydrogen-bond acceptors (Lipinski definition) is 3. The SMILES string of the molecule is CCC(CC)(CNCC(O)c1ccc(C(C)C)cc1)SC. The molecule has 3 heteroatoms. The van der Waals surface area contributed by atoms with Crippen LogP contribution >= 0.6 is 11.8 Å². The number of nitrogens with one attached hydrogen (secondary N) is 1. The summed E-state index contributed by atoms with van der Waals surface area (Å²) in [5.41, 5.74) is 2.31. The van der Waals surface area contributed by atoms with Crippen LogP contribution in [0.15, 0.2) is 24.3 Å². The van der Waals surface area contributed by atoms with Gasteiger partial charge in [-0.2, -0.15) is 11.8 Å². The van der Waals surface area contributed by atoms with E-state index in [1.165, 1.54) is 5.56 Å². The summed E-state index contributed by atoms with van der Waals surface area (Å²) in [5.74, 6) is 0.533. The molecular formula is C18H31NOS. The zero-order chi connectivity index (χ0) is 15.9. The quantitative estimate of drug-likeness (QED) is 0.711. The van der Waals surface area contributed by atoms with Gasteiger partial charge in [-0.15, -0.1) is 0 Å². The van der Waals surface area contributed by atoms with E-state index in [1.807, 2.05) is 23.9 Å². The van der Waals surface area contributed by atoms with E-state index >= 15 is 0 Å². The predicted octanol–water partition coefficient (Wildman–Crippen LogP) is 4.35. The molecular weight excluding hydrogens is 278 g/mol. The summed E-state index contributed by atoms with van der Waals surface area (Å²) in [6.45, 7) is 10.4. The summed E-state index contributed by atoms with van der Waals surface area (Å²) in [7, 11) is 0. The van der Waals surface area contributed by atoms with Gasteiger partial charge in [-0.25, -0.2) is 0 Å². The molecule has 0 fully saturated rings. The molecule has 1 rings (SSSR count). The molecule has 2 N–H and O–H groups in total. The number of aliphatic hydroxyl groups is 1. The van der Waals surface area contributed by atoms with Crippen molar-refractivity contribution in [1.29, 1.82) is 0 Å².